The number of amides is 1. The van der Waals surface area contributed by atoms with E-state index in [1.165, 1.54) is 45.1 Å². The first kappa shape index (κ1) is 18.0. The van der Waals surface area contributed by atoms with Crippen LogP contribution in [0.3, 0.4) is 0 Å². The standard InChI is InChI=1S/C21H33N3O2/c1-15-10-16(2)12-24(11-15)21(25)20-22-18-14-23(9-8-19(18)26-20)13-17-6-4-3-5-7-17/h15-17H,3-14H2,1-2H3. The molecule has 1 aromatic heterocycles. The highest BCUT2D eigenvalue weighted by Gasteiger charge is 2.31. The monoisotopic (exact) mass is 359 g/mol. The Balaban J connectivity index is 1.40. The zero-order valence-corrected chi connectivity index (χ0v) is 16.4. The van der Waals surface area contributed by atoms with E-state index in [-0.39, 0.29) is 5.91 Å². The second-order valence-corrected chi connectivity index (χ2v) is 9.03. The summed E-state index contributed by atoms with van der Waals surface area (Å²) in [5, 5.41) is 0. The minimum absolute atomic E-state index is 0.0170. The maximum absolute atomic E-state index is 12.9. The third-order valence-electron chi connectivity index (χ3n) is 6.39. The molecule has 0 radical (unpaired) electrons. The highest BCUT2D eigenvalue weighted by Crippen LogP contribution is 2.28. The molecule has 1 aliphatic carbocycles. The summed E-state index contributed by atoms with van der Waals surface area (Å²) in [5.41, 5.74) is 0.994. The number of likely N-dealkylation sites (tertiary alicyclic amines) is 1. The number of aromatic nitrogens is 1. The molecule has 1 saturated carbocycles. The van der Waals surface area contributed by atoms with Crippen LogP contribution < -0.4 is 0 Å². The molecule has 1 saturated heterocycles. The van der Waals surface area contributed by atoms with Crippen molar-refractivity contribution in [3.05, 3.63) is 17.3 Å². The van der Waals surface area contributed by atoms with Gasteiger partial charge < -0.3 is 9.32 Å². The molecule has 3 aliphatic rings. The molecule has 1 aromatic rings. The first-order chi connectivity index (χ1) is 12.6. The van der Waals surface area contributed by atoms with Gasteiger partial charge >= 0.3 is 5.91 Å². The number of hydrogen-bond acceptors (Lipinski definition) is 4. The maximum atomic E-state index is 12.9. The lowest BCUT2D eigenvalue weighted by Gasteiger charge is -2.34. The van der Waals surface area contributed by atoms with Gasteiger partial charge in [-0.3, -0.25) is 9.69 Å². The molecule has 5 heteroatoms. The van der Waals surface area contributed by atoms with Gasteiger partial charge in [-0.2, -0.15) is 0 Å². The lowest BCUT2D eigenvalue weighted by Crippen LogP contribution is -2.42. The van der Waals surface area contributed by atoms with Crippen molar-refractivity contribution >= 4 is 5.91 Å². The predicted octanol–water partition coefficient (Wildman–Crippen LogP) is 3.73. The minimum atomic E-state index is -0.0170. The van der Waals surface area contributed by atoms with Crippen molar-refractivity contribution in [3.8, 4) is 0 Å². The molecule has 5 nitrogen and oxygen atoms in total. The molecule has 3 heterocycles. The fourth-order valence-electron chi connectivity index (χ4n) is 5.20. The molecular formula is C21H33N3O2. The molecule has 4 rings (SSSR count). The van der Waals surface area contributed by atoms with E-state index in [1.807, 2.05) is 4.90 Å². The van der Waals surface area contributed by atoms with Gasteiger partial charge in [0.1, 0.15) is 5.76 Å². The van der Waals surface area contributed by atoms with Crippen LogP contribution in [0.15, 0.2) is 4.42 Å². The van der Waals surface area contributed by atoms with Gasteiger partial charge in [-0.25, -0.2) is 4.98 Å². The number of carbonyl (C=O) groups is 1. The number of carbonyl (C=O) groups excluding carboxylic acids is 1. The molecule has 0 spiro atoms. The number of piperidine rings is 1. The van der Waals surface area contributed by atoms with Crippen LogP contribution >= 0.6 is 0 Å². The van der Waals surface area contributed by atoms with E-state index in [1.54, 1.807) is 0 Å². The summed E-state index contributed by atoms with van der Waals surface area (Å²) in [5.74, 6) is 3.19. The molecule has 2 unspecified atom stereocenters. The van der Waals surface area contributed by atoms with Crippen LogP contribution in [0.25, 0.3) is 0 Å². The van der Waals surface area contributed by atoms with Crippen LogP contribution in [0.2, 0.25) is 0 Å². The van der Waals surface area contributed by atoms with E-state index in [0.29, 0.717) is 17.7 Å². The van der Waals surface area contributed by atoms with Gasteiger partial charge in [0.15, 0.2) is 0 Å². The molecule has 1 amide bonds. The molecule has 2 atom stereocenters. The van der Waals surface area contributed by atoms with Gasteiger partial charge in [-0.15, -0.1) is 0 Å². The summed E-state index contributed by atoms with van der Waals surface area (Å²) in [7, 11) is 0. The smallest absolute Gasteiger partial charge is 0.309 e. The second kappa shape index (κ2) is 7.71. The van der Waals surface area contributed by atoms with Crippen molar-refractivity contribution in [1.82, 2.24) is 14.8 Å². The summed E-state index contributed by atoms with van der Waals surface area (Å²) >= 11 is 0. The van der Waals surface area contributed by atoms with Crippen molar-refractivity contribution in [2.45, 2.75) is 65.3 Å². The van der Waals surface area contributed by atoms with Crippen LogP contribution in [0, 0.1) is 17.8 Å². The summed E-state index contributed by atoms with van der Waals surface area (Å²) in [4.78, 5) is 21.9. The van der Waals surface area contributed by atoms with Crippen LogP contribution in [0.4, 0.5) is 0 Å². The maximum Gasteiger partial charge on any atom is 0.309 e. The summed E-state index contributed by atoms with van der Waals surface area (Å²) in [6.07, 6.45) is 9.01. The fourth-order valence-corrected chi connectivity index (χ4v) is 5.20. The highest BCUT2D eigenvalue weighted by molar-refractivity contribution is 5.89. The number of rotatable bonds is 3. The van der Waals surface area contributed by atoms with E-state index in [4.69, 9.17) is 4.42 Å². The van der Waals surface area contributed by atoms with Gasteiger partial charge in [0, 0.05) is 39.1 Å². The number of oxazole rings is 1. The molecule has 2 aliphatic heterocycles. The van der Waals surface area contributed by atoms with Crippen LogP contribution in [0.1, 0.15) is 74.5 Å². The van der Waals surface area contributed by atoms with Gasteiger partial charge in [0.25, 0.3) is 5.89 Å². The van der Waals surface area contributed by atoms with Crippen LogP contribution in [-0.4, -0.2) is 46.9 Å². The molecule has 0 N–H and O–H groups in total. The molecule has 26 heavy (non-hydrogen) atoms. The van der Waals surface area contributed by atoms with Gasteiger partial charge in [0.05, 0.1) is 5.69 Å². The Morgan fingerprint density at radius 1 is 1.15 bits per heavy atom. The fraction of sp³-hybridized carbons (Fsp3) is 0.810. The van der Waals surface area contributed by atoms with E-state index < -0.39 is 0 Å². The minimum Gasteiger partial charge on any atom is -0.437 e. The molecule has 2 fully saturated rings. The Labute approximate surface area is 157 Å². The van der Waals surface area contributed by atoms with Crippen LogP contribution in [-0.2, 0) is 13.0 Å². The van der Waals surface area contributed by atoms with Crippen molar-refractivity contribution in [3.63, 3.8) is 0 Å². The Morgan fingerprint density at radius 2 is 1.88 bits per heavy atom. The third kappa shape index (κ3) is 3.98. The first-order valence-electron chi connectivity index (χ1n) is 10.6. The van der Waals surface area contributed by atoms with Gasteiger partial charge in [0.2, 0.25) is 0 Å². The van der Waals surface area contributed by atoms with Gasteiger partial charge in [-0.1, -0.05) is 33.1 Å². The number of hydrogen-bond donors (Lipinski definition) is 0. The van der Waals surface area contributed by atoms with Crippen molar-refractivity contribution in [2.75, 3.05) is 26.2 Å². The Kier molecular flexibility index (Phi) is 5.35. The summed E-state index contributed by atoms with van der Waals surface area (Å²) in [6, 6.07) is 0. The second-order valence-electron chi connectivity index (χ2n) is 9.03. The first-order valence-corrected chi connectivity index (χ1v) is 10.6. The Bertz CT molecular complexity index is 625. The van der Waals surface area contributed by atoms with E-state index in [9.17, 15) is 4.79 Å². The van der Waals surface area contributed by atoms with Crippen molar-refractivity contribution < 1.29 is 9.21 Å². The largest absolute Gasteiger partial charge is 0.437 e. The Hall–Kier alpha value is -1.36. The van der Waals surface area contributed by atoms with Crippen LogP contribution in [0.5, 0.6) is 0 Å². The molecule has 0 bridgehead atoms. The number of fused-ring (bicyclic) bond motifs is 1. The quantitative estimate of drug-likeness (QED) is 0.825. The predicted molar refractivity (Wildman–Crippen MR) is 101 cm³/mol. The zero-order valence-electron chi connectivity index (χ0n) is 16.4. The lowest BCUT2D eigenvalue weighted by molar-refractivity contribution is 0.0581. The van der Waals surface area contributed by atoms with Crippen molar-refractivity contribution in [1.29, 1.82) is 0 Å². The lowest BCUT2D eigenvalue weighted by atomic mass is 9.88. The zero-order chi connectivity index (χ0) is 18.1. The Morgan fingerprint density at radius 3 is 2.62 bits per heavy atom. The average molecular weight is 360 g/mol. The molecule has 144 valence electrons. The topological polar surface area (TPSA) is 49.6 Å². The van der Waals surface area contributed by atoms with Gasteiger partial charge in [-0.05, 0) is 37.0 Å². The van der Waals surface area contributed by atoms with Crippen molar-refractivity contribution in [2.24, 2.45) is 17.8 Å². The highest BCUT2D eigenvalue weighted by atomic mass is 16.4. The molecule has 0 aromatic carbocycles. The third-order valence-corrected chi connectivity index (χ3v) is 6.39. The molecular weight excluding hydrogens is 326 g/mol. The van der Waals surface area contributed by atoms with E-state index in [2.05, 4.69) is 23.7 Å². The van der Waals surface area contributed by atoms with E-state index in [0.717, 1.165) is 50.0 Å². The normalized spacial score (nSPS) is 28.2. The summed E-state index contributed by atoms with van der Waals surface area (Å²) < 4.78 is 5.90. The number of nitrogens with zero attached hydrogens (tertiary/aromatic N) is 3. The summed E-state index contributed by atoms with van der Waals surface area (Å²) in [6.45, 7) is 9.14. The van der Waals surface area contributed by atoms with E-state index >= 15 is 0 Å². The average Bonchev–Trinajstić information content (AvgIpc) is 3.04. The SMILES string of the molecule is CC1CC(C)CN(C(=O)c2nc3c(o2)CCN(CC2CCCCC2)C3)C1.